The summed E-state index contributed by atoms with van der Waals surface area (Å²) in [7, 11) is 0. The fraction of sp³-hybridized carbons (Fsp3) is 0.833. The van der Waals surface area contributed by atoms with E-state index < -0.39 is 6.04 Å². The summed E-state index contributed by atoms with van der Waals surface area (Å²) in [5, 5.41) is 12.8. The van der Waals surface area contributed by atoms with E-state index in [1.807, 2.05) is 0 Å². The van der Waals surface area contributed by atoms with Crippen molar-refractivity contribution in [3.63, 3.8) is 0 Å². The molecular weight excluding hydrogens is 248 g/mol. The summed E-state index contributed by atoms with van der Waals surface area (Å²) >= 11 is 0. The highest BCUT2D eigenvalue weighted by atomic mass is 16.5. The summed E-state index contributed by atoms with van der Waals surface area (Å²) in [5.41, 5.74) is 5.82. The van der Waals surface area contributed by atoms with Crippen molar-refractivity contribution in [2.75, 3.05) is 32.8 Å². The highest BCUT2D eigenvalue weighted by Gasteiger charge is 2.26. The molecule has 108 valence electrons. The molecule has 1 aromatic heterocycles. The second kappa shape index (κ2) is 6.95. The van der Waals surface area contributed by atoms with Crippen molar-refractivity contribution in [1.82, 2.24) is 15.0 Å². The van der Waals surface area contributed by atoms with Gasteiger partial charge in [-0.2, -0.15) is 4.98 Å². The van der Waals surface area contributed by atoms with E-state index >= 15 is 0 Å². The van der Waals surface area contributed by atoms with Crippen molar-refractivity contribution in [3.05, 3.63) is 11.7 Å². The number of aromatic nitrogens is 2. The molecule has 19 heavy (non-hydrogen) atoms. The molecule has 0 amide bonds. The molecule has 2 rings (SSSR count). The van der Waals surface area contributed by atoms with Gasteiger partial charge >= 0.3 is 0 Å². The Balaban J connectivity index is 1.97. The quantitative estimate of drug-likeness (QED) is 0.763. The minimum Gasteiger partial charge on any atom is -0.396 e. The second-order valence-corrected chi connectivity index (χ2v) is 4.77. The molecule has 0 radical (unpaired) electrons. The monoisotopic (exact) mass is 270 g/mol. The van der Waals surface area contributed by atoms with Gasteiger partial charge in [0, 0.05) is 19.7 Å². The number of rotatable bonds is 6. The SMILES string of the molecule is CCCN1CCOC(c2noc(C(N)CCO)n2)C1. The number of hydrogen-bond donors (Lipinski definition) is 2. The van der Waals surface area contributed by atoms with Gasteiger partial charge in [0.15, 0.2) is 0 Å². The Hall–Kier alpha value is -1.02. The maximum Gasteiger partial charge on any atom is 0.243 e. The molecule has 1 fully saturated rings. The van der Waals surface area contributed by atoms with Crippen molar-refractivity contribution >= 4 is 0 Å². The van der Waals surface area contributed by atoms with Crippen LogP contribution in [0.15, 0.2) is 4.52 Å². The Labute approximate surface area is 112 Å². The van der Waals surface area contributed by atoms with Crippen LogP contribution in [-0.4, -0.2) is 53.0 Å². The van der Waals surface area contributed by atoms with Crippen LogP contribution in [0.2, 0.25) is 0 Å². The molecule has 7 heteroatoms. The van der Waals surface area contributed by atoms with E-state index in [1.54, 1.807) is 0 Å². The molecule has 7 nitrogen and oxygen atoms in total. The van der Waals surface area contributed by atoms with Crippen LogP contribution >= 0.6 is 0 Å². The third-order valence-corrected chi connectivity index (χ3v) is 3.19. The largest absolute Gasteiger partial charge is 0.396 e. The summed E-state index contributed by atoms with van der Waals surface area (Å²) in [6.07, 6.45) is 1.37. The van der Waals surface area contributed by atoms with E-state index in [0.29, 0.717) is 24.7 Å². The van der Waals surface area contributed by atoms with Crippen LogP contribution < -0.4 is 5.73 Å². The molecule has 2 unspecified atom stereocenters. The lowest BCUT2D eigenvalue weighted by atomic mass is 10.2. The van der Waals surface area contributed by atoms with Crippen LogP contribution in [0.3, 0.4) is 0 Å². The average molecular weight is 270 g/mol. The Bertz CT molecular complexity index is 383. The number of nitrogens with two attached hydrogens (primary N) is 1. The zero-order valence-electron chi connectivity index (χ0n) is 11.3. The predicted octanol–water partition coefficient (Wildman–Crippen LogP) is 0.235. The maximum atomic E-state index is 8.85. The molecule has 0 saturated carbocycles. The fourth-order valence-electron chi connectivity index (χ4n) is 2.17. The van der Waals surface area contributed by atoms with Crippen LogP contribution in [0.25, 0.3) is 0 Å². The lowest BCUT2D eigenvalue weighted by molar-refractivity contribution is -0.0350. The lowest BCUT2D eigenvalue weighted by Gasteiger charge is -2.30. The maximum absolute atomic E-state index is 8.85. The molecule has 3 N–H and O–H groups in total. The van der Waals surface area contributed by atoms with Gasteiger partial charge in [-0.05, 0) is 19.4 Å². The molecule has 0 aromatic carbocycles. The number of aliphatic hydroxyl groups excluding tert-OH is 1. The van der Waals surface area contributed by atoms with Gasteiger partial charge in [-0.25, -0.2) is 0 Å². The molecule has 1 aliphatic heterocycles. The van der Waals surface area contributed by atoms with Gasteiger partial charge in [0.1, 0.15) is 6.10 Å². The summed E-state index contributed by atoms with van der Waals surface area (Å²) in [4.78, 5) is 6.61. The molecule has 1 aromatic rings. The van der Waals surface area contributed by atoms with Gasteiger partial charge < -0.3 is 20.1 Å². The predicted molar refractivity (Wildman–Crippen MR) is 68.4 cm³/mol. The molecule has 2 atom stereocenters. The van der Waals surface area contributed by atoms with Crippen LogP contribution in [0.5, 0.6) is 0 Å². The third kappa shape index (κ3) is 3.73. The lowest BCUT2D eigenvalue weighted by Crippen LogP contribution is -2.39. The molecule has 2 heterocycles. The average Bonchev–Trinajstić information content (AvgIpc) is 2.89. The summed E-state index contributed by atoms with van der Waals surface area (Å²) in [6, 6.07) is -0.415. The zero-order valence-corrected chi connectivity index (χ0v) is 11.3. The van der Waals surface area contributed by atoms with Gasteiger partial charge in [0.2, 0.25) is 11.7 Å². The molecule has 1 aliphatic rings. The van der Waals surface area contributed by atoms with E-state index in [2.05, 4.69) is 22.0 Å². The van der Waals surface area contributed by atoms with Crippen LogP contribution in [0.1, 0.15) is 43.6 Å². The summed E-state index contributed by atoms with van der Waals surface area (Å²) < 4.78 is 10.8. The first kappa shape index (κ1) is 14.4. The molecule has 0 aliphatic carbocycles. The summed E-state index contributed by atoms with van der Waals surface area (Å²) in [5.74, 6) is 0.907. The second-order valence-electron chi connectivity index (χ2n) is 4.77. The number of nitrogens with zero attached hydrogens (tertiary/aromatic N) is 3. The Morgan fingerprint density at radius 3 is 3.16 bits per heavy atom. The van der Waals surface area contributed by atoms with E-state index in [-0.39, 0.29) is 12.7 Å². The Kier molecular flexibility index (Phi) is 5.26. The normalized spacial score (nSPS) is 22.6. The number of hydrogen-bond acceptors (Lipinski definition) is 7. The van der Waals surface area contributed by atoms with Gasteiger partial charge in [-0.3, -0.25) is 4.90 Å². The number of aliphatic hydroxyl groups is 1. The first-order valence-electron chi connectivity index (χ1n) is 6.78. The molecule has 0 bridgehead atoms. The smallest absolute Gasteiger partial charge is 0.243 e. The van der Waals surface area contributed by atoms with Crippen LogP contribution in [0, 0.1) is 0 Å². The standard InChI is InChI=1S/C12H22N4O3/c1-2-4-16-5-7-18-10(8-16)11-14-12(19-15-11)9(13)3-6-17/h9-10,17H,2-8,13H2,1H3. The van der Waals surface area contributed by atoms with Gasteiger partial charge in [0.25, 0.3) is 0 Å². The number of morpholine rings is 1. The van der Waals surface area contributed by atoms with Crippen molar-refractivity contribution in [3.8, 4) is 0 Å². The minimum atomic E-state index is -0.415. The van der Waals surface area contributed by atoms with Crippen molar-refractivity contribution in [2.45, 2.75) is 31.9 Å². The van der Waals surface area contributed by atoms with Crippen LogP contribution in [-0.2, 0) is 4.74 Å². The molecular formula is C12H22N4O3. The topological polar surface area (TPSA) is 97.6 Å². The van der Waals surface area contributed by atoms with Gasteiger partial charge in [-0.1, -0.05) is 12.1 Å². The van der Waals surface area contributed by atoms with Crippen molar-refractivity contribution in [2.24, 2.45) is 5.73 Å². The van der Waals surface area contributed by atoms with E-state index in [1.165, 1.54) is 0 Å². The van der Waals surface area contributed by atoms with E-state index in [0.717, 1.165) is 26.1 Å². The van der Waals surface area contributed by atoms with E-state index in [4.69, 9.17) is 20.1 Å². The fourth-order valence-corrected chi connectivity index (χ4v) is 2.17. The third-order valence-electron chi connectivity index (χ3n) is 3.19. The number of ether oxygens (including phenoxy) is 1. The molecule has 1 saturated heterocycles. The van der Waals surface area contributed by atoms with Gasteiger partial charge in [0.05, 0.1) is 12.6 Å². The Morgan fingerprint density at radius 1 is 1.58 bits per heavy atom. The summed E-state index contributed by atoms with van der Waals surface area (Å²) in [6.45, 7) is 5.61. The highest BCUT2D eigenvalue weighted by Crippen LogP contribution is 2.21. The van der Waals surface area contributed by atoms with Crippen molar-refractivity contribution in [1.29, 1.82) is 0 Å². The van der Waals surface area contributed by atoms with Crippen LogP contribution in [0.4, 0.5) is 0 Å². The van der Waals surface area contributed by atoms with E-state index in [9.17, 15) is 0 Å². The first-order valence-corrected chi connectivity index (χ1v) is 6.78. The first-order chi connectivity index (χ1) is 9.24. The van der Waals surface area contributed by atoms with Crippen molar-refractivity contribution < 1.29 is 14.4 Å². The molecule has 0 spiro atoms. The Morgan fingerprint density at radius 2 is 2.42 bits per heavy atom. The highest BCUT2D eigenvalue weighted by molar-refractivity contribution is 4.97. The zero-order chi connectivity index (χ0) is 13.7. The van der Waals surface area contributed by atoms with Gasteiger partial charge in [-0.15, -0.1) is 0 Å². The minimum absolute atomic E-state index is 0.00306.